The number of hydrazine groups is 1. The molecule has 0 bridgehead atoms. The summed E-state index contributed by atoms with van der Waals surface area (Å²) in [6.45, 7) is 3.58. The molecule has 0 aliphatic carbocycles. The molecule has 0 atom stereocenters. The lowest BCUT2D eigenvalue weighted by Crippen LogP contribution is -2.47. The number of piperazine rings is 1. The number of para-hydroxylation sites is 1. The summed E-state index contributed by atoms with van der Waals surface area (Å²) >= 11 is 0. The van der Waals surface area contributed by atoms with Crippen LogP contribution in [0.25, 0.3) is 0 Å². The van der Waals surface area contributed by atoms with E-state index in [-0.39, 0.29) is 0 Å². The zero-order chi connectivity index (χ0) is 14.7. The third-order valence-electron chi connectivity index (χ3n) is 3.70. The third-order valence-corrected chi connectivity index (χ3v) is 3.70. The van der Waals surface area contributed by atoms with Gasteiger partial charge in [0.2, 0.25) is 0 Å². The van der Waals surface area contributed by atoms with Gasteiger partial charge in [-0.1, -0.05) is 18.2 Å². The molecule has 3 rings (SSSR count). The number of hydrogen-bond donors (Lipinski definition) is 3. The molecule has 0 unspecified atom stereocenters. The summed E-state index contributed by atoms with van der Waals surface area (Å²) < 4.78 is 0. The Hall–Kier alpha value is -2.54. The van der Waals surface area contributed by atoms with Crippen molar-refractivity contribution in [3.63, 3.8) is 0 Å². The van der Waals surface area contributed by atoms with E-state index in [1.54, 1.807) is 0 Å². The fraction of sp³-hybridized carbons (Fsp3) is 0.286. The summed E-state index contributed by atoms with van der Waals surface area (Å²) in [4.78, 5) is 12.8. The van der Waals surface area contributed by atoms with Crippen LogP contribution in [0, 0.1) is 0 Å². The van der Waals surface area contributed by atoms with Gasteiger partial charge >= 0.3 is 0 Å². The standard InChI is InChI=1S/C14H19N7/c15-12-13(19-16)17-10-18-14(12)21-8-6-20(7-9-21)11-4-2-1-3-5-11/h1-5,10H,6-9,15-16H2,(H,17,18,19). The fourth-order valence-electron chi connectivity index (χ4n) is 2.57. The van der Waals surface area contributed by atoms with E-state index in [1.807, 2.05) is 6.07 Å². The minimum Gasteiger partial charge on any atom is -0.393 e. The number of nitrogen functional groups attached to an aromatic ring is 2. The van der Waals surface area contributed by atoms with Gasteiger partial charge in [0.05, 0.1) is 0 Å². The van der Waals surface area contributed by atoms with Crippen molar-refractivity contribution >= 4 is 23.0 Å². The molecular formula is C14H19N7. The molecule has 1 aromatic carbocycles. The van der Waals surface area contributed by atoms with E-state index in [0.29, 0.717) is 11.5 Å². The SMILES string of the molecule is NNc1ncnc(N2CCN(c3ccccc3)CC2)c1N. The van der Waals surface area contributed by atoms with E-state index in [4.69, 9.17) is 11.6 Å². The topological polar surface area (TPSA) is 96.3 Å². The van der Waals surface area contributed by atoms with Crippen molar-refractivity contribution in [1.82, 2.24) is 9.97 Å². The highest BCUT2D eigenvalue weighted by Gasteiger charge is 2.21. The molecule has 0 saturated carbocycles. The molecule has 7 heteroatoms. The fourth-order valence-corrected chi connectivity index (χ4v) is 2.57. The van der Waals surface area contributed by atoms with Crippen LogP contribution in [0.3, 0.4) is 0 Å². The van der Waals surface area contributed by atoms with Crippen molar-refractivity contribution in [3.8, 4) is 0 Å². The molecule has 110 valence electrons. The first-order valence-electron chi connectivity index (χ1n) is 6.91. The van der Waals surface area contributed by atoms with Crippen LogP contribution in [-0.4, -0.2) is 36.1 Å². The summed E-state index contributed by atoms with van der Waals surface area (Å²) in [5, 5.41) is 0. The number of nitrogens with zero attached hydrogens (tertiary/aromatic N) is 4. The Bertz CT molecular complexity index is 594. The number of benzene rings is 1. The Morgan fingerprint density at radius 3 is 2.29 bits per heavy atom. The van der Waals surface area contributed by atoms with Gasteiger partial charge < -0.3 is 21.0 Å². The van der Waals surface area contributed by atoms with Gasteiger partial charge in [0.25, 0.3) is 0 Å². The smallest absolute Gasteiger partial charge is 0.168 e. The Morgan fingerprint density at radius 2 is 1.62 bits per heavy atom. The molecule has 1 aromatic heterocycles. The van der Waals surface area contributed by atoms with E-state index < -0.39 is 0 Å². The van der Waals surface area contributed by atoms with Crippen molar-refractivity contribution in [2.45, 2.75) is 0 Å². The number of hydrogen-bond acceptors (Lipinski definition) is 7. The maximum Gasteiger partial charge on any atom is 0.168 e. The van der Waals surface area contributed by atoms with Gasteiger partial charge in [-0.2, -0.15) is 0 Å². The van der Waals surface area contributed by atoms with Crippen molar-refractivity contribution in [2.75, 3.05) is 47.1 Å². The van der Waals surface area contributed by atoms with Gasteiger partial charge in [0.15, 0.2) is 11.6 Å². The second-order valence-electron chi connectivity index (χ2n) is 4.91. The van der Waals surface area contributed by atoms with Crippen molar-refractivity contribution in [2.24, 2.45) is 5.84 Å². The van der Waals surface area contributed by atoms with Crippen LogP contribution in [0.5, 0.6) is 0 Å². The minimum absolute atomic E-state index is 0.463. The van der Waals surface area contributed by atoms with Crippen LogP contribution in [0.15, 0.2) is 36.7 Å². The Kier molecular flexibility index (Phi) is 3.74. The van der Waals surface area contributed by atoms with Crippen LogP contribution in [0.2, 0.25) is 0 Å². The molecular weight excluding hydrogens is 266 g/mol. The van der Waals surface area contributed by atoms with Crippen LogP contribution in [0.4, 0.5) is 23.0 Å². The van der Waals surface area contributed by atoms with Gasteiger partial charge in [-0.15, -0.1) is 0 Å². The summed E-state index contributed by atoms with van der Waals surface area (Å²) in [7, 11) is 0. The third kappa shape index (κ3) is 2.68. The zero-order valence-corrected chi connectivity index (χ0v) is 11.7. The average Bonchev–Trinajstić information content (AvgIpc) is 2.56. The van der Waals surface area contributed by atoms with E-state index in [1.165, 1.54) is 12.0 Å². The molecule has 1 aliphatic rings. The lowest BCUT2D eigenvalue weighted by Gasteiger charge is -2.37. The Labute approximate surface area is 123 Å². The number of nitrogens with one attached hydrogen (secondary N) is 1. The van der Waals surface area contributed by atoms with Crippen LogP contribution >= 0.6 is 0 Å². The molecule has 0 spiro atoms. The second kappa shape index (κ2) is 5.84. The summed E-state index contributed by atoms with van der Waals surface area (Å²) in [6.07, 6.45) is 1.48. The van der Waals surface area contributed by atoms with Crippen LogP contribution in [-0.2, 0) is 0 Å². The van der Waals surface area contributed by atoms with E-state index in [9.17, 15) is 0 Å². The summed E-state index contributed by atoms with van der Waals surface area (Å²) in [5.74, 6) is 6.60. The monoisotopic (exact) mass is 285 g/mol. The second-order valence-corrected chi connectivity index (χ2v) is 4.91. The van der Waals surface area contributed by atoms with E-state index in [2.05, 4.69) is 49.5 Å². The largest absolute Gasteiger partial charge is 0.393 e. The summed E-state index contributed by atoms with van der Waals surface area (Å²) in [5.41, 5.74) is 10.3. The first-order valence-corrected chi connectivity index (χ1v) is 6.91. The Morgan fingerprint density at radius 1 is 0.952 bits per heavy atom. The van der Waals surface area contributed by atoms with Gasteiger partial charge in [0.1, 0.15) is 12.0 Å². The van der Waals surface area contributed by atoms with Gasteiger partial charge in [-0.25, -0.2) is 15.8 Å². The first kappa shape index (κ1) is 13.4. The van der Waals surface area contributed by atoms with Gasteiger partial charge in [-0.05, 0) is 12.1 Å². The molecule has 0 amide bonds. The van der Waals surface area contributed by atoms with Crippen molar-refractivity contribution in [1.29, 1.82) is 0 Å². The number of nitrogens with two attached hydrogens (primary N) is 2. The molecule has 2 heterocycles. The highest BCUT2D eigenvalue weighted by atomic mass is 15.3. The molecule has 5 N–H and O–H groups in total. The average molecular weight is 285 g/mol. The molecule has 2 aromatic rings. The molecule has 1 aliphatic heterocycles. The zero-order valence-electron chi connectivity index (χ0n) is 11.7. The van der Waals surface area contributed by atoms with Crippen molar-refractivity contribution in [3.05, 3.63) is 36.7 Å². The lowest BCUT2D eigenvalue weighted by atomic mass is 10.2. The minimum atomic E-state index is 0.463. The van der Waals surface area contributed by atoms with Crippen molar-refractivity contribution < 1.29 is 0 Å². The van der Waals surface area contributed by atoms with E-state index >= 15 is 0 Å². The maximum atomic E-state index is 6.05. The first-order chi connectivity index (χ1) is 10.3. The van der Waals surface area contributed by atoms with Gasteiger partial charge in [0, 0.05) is 31.9 Å². The number of aromatic nitrogens is 2. The molecule has 0 radical (unpaired) electrons. The van der Waals surface area contributed by atoms with Crippen LogP contribution in [0.1, 0.15) is 0 Å². The molecule has 21 heavy (non-hydrogen) atoms. The molecule has 1 fully saturated rings. The van der Waals surface area contributed by atoms with Crippen LogP contribution < -0.4 is 26.8 Å². The lowest BCUT2D eigenvalue weighted by molar-refractivity contribution is 0.647. The Balaban J connectivity index is 1.72. The predicted octanol–water partition coefficient (Wildman–Crippen LogP) is 0.671. The van der Waals surface area contributed by atoms with Gasteiger partial charge in [-0.3, -0.25) is 0 Å². The highest BCUT2D eigenvalue weighted by molar-refractivity contribution is 5.74. The molecule has 1 saturated heterocycles. The number of rotatable bonds is 3. The maximum absolute atomic E-state index is 6.05. The van der Waals surface area contributed by atoms with E-state index in [0.717, 1.165) is 32.0 Å². The molecule has 7 nitrogen and oxygen atoms in total. The predicted molar refractivity (Wildman–Crippen MR) is 85.1 cm³/mol. The highest BCUT2D eigenvalue weighted by Crippen LogP contribution is 2.27. The quantitative estimate of drug-likeness (QED) is 0.563. The summed E-state index contributed by atoms with van der Waals surface area (Å²) in [6, 6.07) is 10.4. The number of anilines is 4. The normalized spacial score (nSPS) is 15.1.